The van der Waals surface area contributed by atoms with E-state index in [2.05, 4.69) is 5.32 Å². The lowest BCUT2D eigenvalue weighted by atomic mass is 10.1. The number of hydrogen-bond acceptors (Lipinski definition) is 7. The highest BCUT2D eigenvalue weighted by Gasteiger charge is 2.16. The maximum atomic E-state index is 12.7. The molecule has 10 heteroatoms. The highest BCUT2D eigenvalue weighted by Crippen LogP contribution is 2.31. The zero-order valence-electron chi connectivity index (χ0n) is 18.8. The molecule has 0 atom stereocenters. The quantitative estimate of drug-likeness (QED) is 0.183. The van der Waals surface area contributed by atoms with Gasteiger partial charge in [0.1, 0.15) is 24.0 Å². The molecule has 1 N–H and O–H groups in total. The zero-order chi connectivity index (χ0) is 25.4. The highest BCUT2D eigenvalue weighted by atomic mass is 35.5. The Hall–Kier alpha value is -4.55. The Morgan fingerprint density at radius 1 is 1.06 bits per heavy atom. The first kappa shape index (κ1) is 25.1. The van der Waals surface area contributed by atoms with Crippen LogP contribution in [-0.4, -0.2) is 25.1 Å². The van der Waals surface area contributed by atoms with Crippen LogP contribution in [0.2, 0.25) is 5.02 Å². The molecule has 0 fully saturated rings. The number of carbonyl (C=O) groups excluding carboxylic acids is 1. The summed E-state index contributed by atoms with van der Waals surface area (Å²) in [7, 11) is 2.82. The van der Waals surface area contributed by atoms with E-state index in [1.54, 1.807) is 30.3 Å². The van der Waals surface area contributed by atoms with Gasteiger partial charge in [0.2, 0.25) is 0 Å². The van der Waals surface area contributed by atoms with Crippen molar-refractivity contribution in [2.75, 3.05) is 19.5 Å². The van der Waals surface area contributed by atoms with Gasteiger partial charge in [-0.25, -0.2) is 0 Å². The second kappa shape index (κ2) is 11.5. The number of amides is 1. The molecule has 0 aliphatic heterocycles. The van der Waals surface area contributed by atoms with E-state index in [4.69, 9.17) is 25.8 Å². The number of methoxy groups -OCH3 is 2. The van der Waals surface area contributed by atoms with Gasteiger partial charge in [-0.1, -0.05) is 29.8 Å². The SMILES string of the molecule is COc1cc([N+](=O)[O-])ccc1NC(=O)/C(C#N)=C/c1ccc(OC)c(OCc2ccc(Cl)cc2)c1. The Labute approximate surface area is 206 Å². The van der Waals surface area contributed by atoms with Crippen LogP contribution in [-0.2, 0) is 11.4 Å². The first-order valence-corrected chi connectivity index (χ1v) is 10.5. The molecule has 0 bridgehead atoms. The van der Waals surface area contributed by atoms with E-state index in [1.807, 2.05) is 18.2 Å². The van der Waals surface area contributed by atoms with Crippen LogP contribution in [0.15, 0.2) is 66.2 Å². The summed E-state index contributed by atoms with van der Waals surface area (Å²) in [5.41, 5.74) is 1.22. The van der Waals surface area contributed by atoms with Crippen LogP contribution in [0.3, 0.4) is 0 Å². The maximum Gasteiger partial charge on any atom is 0.273 e. The number of rotatable bonds is 9. The zero-order valence-corrected chi connectivity index (χ0v) is 19.5. The van der Waals surface area contributed by atoms with Crippen molar-refractivity contribution in [3.8, 4) is 23.3 Å². The predicted molar refractivity (Wildman–Crippen MR) is 131 cm³/mol. The molecule has 35 heavy (non-hydrogen) atoms. The van der Waals surface area contributed by atoms with Crippen LogP contribution in [0.5, 0.6) is 17.2 Å². The highest BCUT2D eigenvalue weighted by molar-refractivity contribution is 6.30. The third kappa shape index (κ3) is 6.50. The number of nitro benzene ring substituents is 1. The lowest BCUT2D eigenvalue weighted by molar-refractivity contribution is -0.384. The third-order valence-electron chi connectivity index (χ3n) is 4.82. The van der Waals surface area contributed by atoms with Gasteiger partial charge in [0, 0.05) is 11.1 Å². The number of nitrogens with zero attached hydrogens (tertiary/aromatic N) is 2. The Bertz CT molecular complexity index is 1320. The van der Waals surface area contributed by atoms with Crippen molar-refractivity contribution in [2.24, 2.45) is 0 Å². The summed E-state index contributed by atoms with van der Waals surface area (Å²) >= 11 is 5.91. The van der Waals surface area contributed by atoms with Crippen molar-refractivity contribution in [3.63, 3.8) is 0 Å². The third-order valence-corrected chi connectivity index (χ3v) is 5.07. The molecule has 9 nitrogen and oxygen atoms in total. The van der Waals surface area contributed by atoms with Gasteiger partial charge in [-0.2, -0.15) is 5.26 Å². The summed E-state index contributed by atoms with van der Waals surface area (Å²) in [5, 5.41) is 23.7. The smallest absolute Gasteiger partial charge is 0.273 e. The van der Waals surface area contributed by atoms with Crippen molar-refractivity contribution in [1.29, 1.82) is 5.26 Å². The number of nitriles is 1. The van der Waals surface area contributed by atoms with Crippen LogP contribution in [0, 0.1) is 21.4 Å². The van der Waals surface area contributed by atoms with Crippen LogP contribution in [0.25, 0.3) is 6.08 Å². The molecule has 3 aromatic rings. The van der Waals surface area contributed by atoms with Crippen molar-refractivity contribution < 1.29 is 23.9 Å². The number of anilines is 1. The number of nitrogens with one attached hydrogen (secondary N) is 1. The summed E-state index contributed by atoms with van der Waals surface area (Å²) in [5.74, 6) is 0.284. The van der Waals surface area contributed by atoms with Gasteiger partial charge < -0.3 is 19.5 Å². The molecule has 0 spiro atoms. The largest absolute Gasteiger partial charge is 0.494 e. The summed E-state index contributed by atoms with van der Waals surface area (Å²) in [6, 6.07) is 17.8. The average molecular weight is 494 g/mol. The minimum Gasteiger partial charge on any atom is -0.494 e. The van der Waals surface area contributed by atoms with Crippen molar-refractivity contribution in [2.45, 2.75) is 6.61 Å². The molecule has 3 rings (SSSR count). The number of non-ortho nitro benzene ring substituents is 1. The van der Waals surface area contributed by atoms with Crippen molar-refractivity contribution >= 4 is 35.0 Å². The Morgan fingerprint density at radius 3 is 2.40 bits per heavy atom. The number of benzene rings is 3. The minimum absolute atomic E-state index is 0.0900. The molecule has 1 amide bonds. The Balaban J connectivity index is 1.81. The monoisotopic (exact) mass is 493 g/mol. The lowest BCUT2D eigenvalue weighted by Crippen LogP contribution is -2.14. The summed E-state index contributed by atoms with van der Waals surface area (Å²) in [4.78, 5) is 23.1. The fourth-order valence-corrected chi connectivity index (χ4v) is 3.17. The lowest BCUT2D eigenvalue weighted by Gasteiger charge is -2.12. The van der Waals surface area contributed by atoms with E-state index >= 15 is 0 Å². The molecule has 3 aromatic carbocycles. The molecule has 0 saturated carbocycles. The van der Waals surface area contributed by atoms with Gasteiger partial charge in [-0.3, -0.25) is 14.9 Å². The van der Waals surface area contributed by atoms with E-state index in [-0.39, 0.29) is 29.3 Å². The number of nitro groups is 1. The van der Waals surface area contributed by atoms with Crippen LogP contribution in [0.4, 0.5) is 11.4 Å². The predicted octanol–water partition coefficient (Wildman–Crippen LogP) is 5.39. The van der Waals surface area contributed by atoms with E-state index in [0.717, 1.165) is 5.56 Å². The van der Waals surface area contributed by atoms with Crippen LogP contribution >= 0.6 is 11.6 Å². The first-order valence-electron chi connectivity index (χ1n) is 10.2. The van der Waals surface area contributed by atoms with Gasteiger partial charge in [0.15, 0.2) is 11.5 Å². The van der Waals surface area contributed by atoms with Crippen LogP contribution in [0.1, 0.15) is 11.1 Å². The summed E-state index contributed by atoms with van der Waals surface area (Å²) < 4.78 is 16.3. The van der Waals surface area contributed by atoms with Crippen molar-refractivity contribution in [3.05, 3.63) is 92.5 Å². The van der Waals surface area contributed by atoms with E-state index < -0.39 is 10.8 Å². The van der Waals surface area contributed by atoms with E-state index in [1.165, 1.54) is 38.5 Å². The summed E-state index contributed by atoms with van der Waals surface area (Å²) in [6.07, 6.45) is 1.39. The second-order valence-electron chi connectivity index (χ2n) is 7.09. The number of carbonyl (C=O) groups is 1. The molecule has 0 aliphatic rings. The number of ether oxygens (including phenoxy) is 3. The molecule has 0 saturated heterocycles. The van der Waals surface area contributed by atoms with Crippen molar-refractivity contribution in [1.82, 2.24) is 0 Å². The van der Waals surface area contributed by atoms with Crippen LogP contribution < -0.4 is 19.5 Å². The fourth-order valence-electron chi connectivity index (χ4n) is 3.04. The number of hydrogen-bond donors (Lipinski definition) is 1. The van der Waals surface area contributed by atoms with E-state index in [9.17, 15) is 20.2 Å². The van der Waals surface area contributed by atoms with E-state index in [0.29, 0.717) is 22.1 Å². The molecule has 0 aliphatic carbocycles. The Kier molecular flexibility index (Phi) is 8.27. The molecule has 0 aromatic heterocycles. The standard InChI is InChI=1S/C25H20ClN3O6/c1-33-22-10-5-17(12-24(22)35-15-16-3-6-19(26)7-4-16)11-18(14-27)25(30)28-21-9-8-20(29(31)32)13-23(21)34-2/h3-13H,15H2,1-2H3,(H,28,30)/b18-11+. The van der Waals surface area contributed by atoms with Gasteiger partial charge in [-0.15, -0.1) is 0 Å². The second-order valence-corrected chi connectivity index (χ2v) is 7.53. The van der Waals surface area contributed by atoms with Gasteiger partial charge in [-0.05, 0) is 47.5 Å². The Morgan fingerprint density at radius 2 is 1.77 bits per heavy atom. The minimum atomic E-state index is -0.709. The van der Waals surface area contributed by atoms with Gasteiger partial charge in [0.25, 0.3) is 11.6 Å². The molecular formula is C25H20ClN3O6. The maximum absolute atomic E-state index is 12.7. The molecule has 0 unspecified atom stereocenters. The van der Waals surface area contributed by atoms with Gasteiger partial charge >= 0.3 is 0 Å². The number of halogens is 1. The molecule has 0 radical (unpaired) electrons. The topological polar surface area (TPSA) is 124 Å². The molecule has 178 valence electrons. The molecular weight excluding hydrogens is 474 g/mol. The van der Waals surface area contributed by atoms with Gasteiger partial charge in [0.05, 0.1) is 30.9 Å². The first-order chi connectivity index (χ1) is 16.8. The summed E-state index contributed by atoms with van der Waals surface area (Å²) in [6.45, 7) is 0.256. The normalized spacial score (nSPS) is 10.7. The fraction of sp³-hybridized carbons (Fsp3) is 0.120. The average Bonchev–Trinajstić information content (AvgIpc) is 2.87. The molecule has 0 heterocycles.